The quantitative estimate of drug-likeness (QED) is 0.781. The van der Waals surface area contributed by atoms with Crippen molar-refractivity contribution in [3.8, 4) is 0 Å². The molecule has 21 heavy (non-hydrogen) atoms. The molecule has 114 valence electrons. The van der Waals surface area contributed by atoms with E-state index in [1.807, 2.05) is 0 Å². The summed E-state index contributed by atoms with van der Waals surface area (Å²) in [5, 5.41) is 0. The fourth-order valence-corrected chi connectivity index (χ4v) is 2.96. The van der Waals surface area contributed by atoms with Crippen LogP contribution in [0.1, 0.15) is 18.4 Å². The van der Waals surface area contributed by atoms with Crippen LogP contribution in [0.25, 0.3) is 0 Å². The lowest BCUT2D eigenvalue weighted by Crippen LogP contribution is -2.41. The monoisotopic (exact) mass is 357 g/mol. The number of nitrogens with zero attached hydrogens (tertiary/aromatic N) is 1. The number of ether oxygens (including phenoxy) is 1. The number of likely N-dealkylation sites (tertiary alicyclic amines) is 1. The van der Waals surface area contributed by atoms with Gasteiger partial charge in [0.25, 0.3) is 0 Å². The molecular weight excluding hydrogens is 341 g/mol. The molecule has 0 spiro atoms. The van der Waals surface area contributed by atoms with Crippen LogP contribution in [0.3, 0.4) is 0 Å². The number of benzene rings is 1. The van der Waals surface area contributed by atoms with E-state index in [1.54, 1.807) is 11.0 Å². The van der Waals surface area contributed by atoms with Gasteiger partial charge in [0.2, 0.25) is 5.91 Å². The minimum Gasteiger partial charge on any atom is -0.469 e. The molecule has 4 nitrogen and oxygen atoms in total. The van der Waals surface area contributed by atoms with Crippen molar-refractivity contribution in [1.29, 1.82) is 0 Å². The summed E-state index contributed by atoms with van der Waals surface area (Å²) < 4.78 is 18.3. The van der Waals surface area contributed by atoms with Crippen molar-refractivity contribution in [2.24, 2.45) is 5.92 Å². The Balaban J connectivity index is 1.92. The Hall–Kier alpha value is -1.43. The standard InChI is InChI=1S/C15H17BrFNO3/c1-21-15(20)10-4-6-18(7-5-10)14(19)8-11-2-3-12(17)9-13(11)16/h2-3,9-10H,4-8H2,1H3. The molecule has 1 fully saturated rings. The highest BCUT2D eigenvalue weighted by molar-refractivity contribution is 9.10. The average Bonchev–Trinajstić information content (AvgIpc) is 2.49. The summed E-state index contributed by atoms with van der Waals surface area (Å²) in [6.45, 7) is 1.11. The molecule has 1 aliphatic rings. The Morgan fingerprint density at radius 3 is 2.62 bits per heavy atom. The second-order valence-corrected chi connectivity index (χ2v) is 5.95. The van der Waals surface area contributed by atoms with Crippen LogP contribution in [0.4, 0.5) is 4.39 Å². The van der Waals surface area contributed by atoms with Crippen LogP contribution < -0.4 is 0 Å². The summed E-state index contributed by atoms with van der Waals surface area (Å²) in [6.07, 6.45) is 1.48. The third-order valence-corrected chi connectivity index (χ3v) is 4.48. The smallest absolute Gasteiger partial charge is 0.308 e. The lowest BCUT2D eigenvalue weighted by molar-refractivity contribution is -0.148. The van der Waals surface area contributed by atoms with Gasteiger partial charge in [-0.3, -0.25) is 9.59 Å². The van der Waals surface area contributed by atoms with Gasteiger partial charge in [0, 0.05) is 17.6 Å². The van der Waals surface area contributed by atoms with Crippen molar-refractivity contribution in [3.63, 3.8) is 0 Å². The van der Waals surface area contributed by atoms with Gasteiger partial charge < -0.3 is 9.64 Å². The lowest BCUT2D eigenvalue weighted by atomic mass is 9.96. The molecule has 0 radical (unpaired) electrons. The van der Waals surface area contributed by atoms with E-state index in [0.29, 0.717) is 30.4 Å². The van der Waals surface area contributed by atoms with Gasteiger partial charge in [0.1, 0.15) is 5.82 Å². The van der Waals surface area contributed by atoms with Crippen LogP contribution in [0.15, 0.2) is 22.7 Å². The third-order valence-electron chi connectivity index (χ3n) is 3.74. The van der Waals surface area contributed by atoms with Crippen molar-refractivity contribution < 1.29 is 18.7 Å². The first kappa shape index (κ1) is 15.9. The molecule has 0 aromatic heterocycles. The van der Waals surface area contributed by atoms with Gasteiger partial charge in [-0.15, -0.1) is 0 Å². The molecule has 0 saturated carbocycles. The van der Waals surface area contributed by atoms with E-state index in [9.17, 15) is 14.0 Å². The fourth-order valence-electron chi connectivity index (χ4n) is 2.47. The Morgan fingerprint density at radius 1 is 1.38 bits per heavy atom. The van der Waals surface area contributed by atoms with Crippen LogP contribution in [0, 0.1) is 11.7 Å². The number of hydrogen-bond acceptors (Lipinski definition) is 3. The molecule has 0 atom stereocenters. The van der Waals surface area contributed by atoms with Crippen molar-refractivity contribution in [2.45, 2.75) is 19.3 Å². The van der Waals surface area contributed by atoms with Gasteiger partial charge >= 0.3 is 5.97 Å². The molecule has 0 bridgehead atoms. The van der Waals surface area contributed by atoms with E-state index in [1.165, 1.54) is 19.2 Å². The number of hydrogen-bond donors (Lipinski definition) is 0. The Morgan fingerprint density at radius 2 is 2.05 bits per heavy atom. The molecule has 1 saturated heterocycles. The first-order valence-corrected chi connectivity index (χ1v) is 7.60. The Bertz CT molecular complexity index is 542. The largest absolute Gasteiger partial charge is 0.469 e. The number of amides is 1. The van der Waals surface area contributed by atoms with Crippen LogP contribution in [0.2, 0.25) is 0 Å². The highest BCUT2D eigenvalue weighted by Gasteiger charge is 2.27. The Kier molecular flexibility index (Phi) is 5.33. The number of carbonyl (C=O) groups is 2. The molecule has 2 rings (SSSR count). The molecule has 6 heteroatoms. The summed E-state index contributed by atoms with van der Waals surface area (Å²) in [5.74, 6) is -0.664. The molecule has 0 N–H and O–H groups in total. The minimum absolute atomic E-state index is 0.00868. The number of rotatable bonds is 3. The molecule has 0 aliphatic carbocycles. The van der Waals surface area contributed by atoms with Crippen molar-refractivity contribution in [2.75, 3.05) is 20.2 Å². The van der Waals surface area contributed by atoms with Gasteiger partial charge in [0.05, 0.1) is 19.4 Å². The Labute approximate surface area is 131 Å². The van der Waals surface area contributed by atoms with Crippen LogP contribution in [0.5, 0.6) is 0 Å². The number of halogens is 2. The molecule has 1 aromatic carbocycles. The van der Waals surface area contributed by atoms with E-state index in [0.717, 1.165) is 5.56 Å². The first-order chi connectivity index (χ1) is 10.0. The van der Waals surface area contributed by atoms with Gasteiger partial charge in [-0.1, -0.05) is 22.0 Å². The van der Waals surface area contributed by atoms with Gasteiger partial charge in [-0.2, -0.15) is 0 Å². The average molecular weight is 358 g/mol. The van der Waals surface area contributed by atoms with Gasteiger partial charge in [-0.25, -0.2) is 4.39 Å². The second-order valence-electron chi connectivity index (χ2n) is 5.09. The predicted molar refractivity (Wildman–Crippen MR) is 79.1 cm³/mol. The van der Waals surface area contributed by atoms with Gasteiger partial charge in [-0.05, 0) is 30.5 Å². The third kappa shape index (κ3) is 4.03. The van der Waals surface area contributed by atoms with Crippen LogP contribution in [-0.2, 0) is 20.7 Å². The predicted octanol–water partition coefficient (Wildman–Crippen LogP) is 2.54. The summed E-state index contributed by atoms with van der Waals surface area (Å²) in [6, 6.07) is 4.31. The number of carbonyl (C=O) groups excluding carboxylic acids is 2. The molecule has 0 unspecified atom stereocenters. The van der Waals surface area contributed by atoms with E-state index in [-0.39, 0.29) is 30.0 Å². The fraction of sp³-hybridized carbons (Fsp3) is 0.467. The zero-order valence-electron chi connectivity index (χ0n) is 11.8. The molecule has 1 aromatic rings. The molecule has 1 amide bonds. The highest BCUT2D eigenvalue weighted by Crippen LogP contribution is 2.22. The zero-order valence-corrected chi connectivity index (χ0v) is 13.4. The number of methoxy groups -OCH3 is 1. The molecular formula is C15H17BrFNO3. The maximum Gasteiger partial charge on any atom is 0.308 e. The van der Waals surface area contributed by atoms with Crippen LogP contribution in [-0.4, -0.2) is 37.0 Å². The molecule has 1 heterocycles. The summed E-state index contributed by atoms with van der Waals surface area (Å²) >= 11 is 3.27. The summed E-state index contributed by atoms with van der Waals surface area (Å²) in [7, 11) is 1.38. The van der Waals surface area contributed by atoms with Gasteiger partial charge in [0.15, 0.2) is 0 Å². The SMILES string of the molecule is COC(=O)C1CCN(C(=O)Cc2ccc(F)cc2Br)CC1. The maximum absolute atomic E-state index is 13.0. The second kappa shape index (κ2) is 7.02. The zero-order chi connectivity index (χ0) is 15.4. The highest BCUT2D eigenvalue weighted by atomic mass is 79.9. The van der Waals surface area contributed by atoms with E-state index >= 15 is 0 Å². The van der Waals surface area contributed by atoms with E-state index in [4.69, 9.17) is 4.74 Å². The topological polar surface area (TPSA) is 46.6 Å². The van der Waals surface area contributed by atoms with Crippen molar-refractivity contribution in [1.82, 2.24) is 4.90 Å². The lowest BCUT2D eigenvalue weighted by Gasteiger charge is -2.30. The van der Waals surface area contributed by atoms with Crippen molar-refractivity contribution in [3.05, 3.63) is 34.1 Å². The number of piperidine rings is 1. The van der Waals surface area contributed by atoms with Crippen molar-refractivity contribution >= 4 is 27.8 Å². The number of esters is 1. The summed E-state index contributed by atoms with van der Waals surface area (Å²) in [5.41, 5.74) is 0.761. The molecule has 1 aliphatic heterocycles. The van der Waals surface area contributed by atoms with Crippen LogP contribution >= 0.6 is 15.9 Å². The van der Waals surface area contributed by atoms with E-state index < -0.39 is 0 Å². The summed E-state index contributed by atoms with van der Waals surface area (Å²) in [4.78, 5) is 25.4. The van der Waals surface area contributed by atoms with E-state index in [2.05, 4.69) is 15.9 Å². The first-order valence-electron chi connectivity index (χ1n) is 6.80. The normalized spacial score (nSPS) is 15.9. The maximum atomic E-state index is 13.0. The minimum atomic E-state index is -0.336.